The molecular weight excluding hydrogens is 437 g/mol. The third-order valence-corrected chi connectivity index (χ3v) is 5.13. The number of halogens is 2. The number of hydrogen-bond donors (Lipinski definition) is 2. The van der Waals surface area contributed by atoms with Crippen LogP contribution in [0.3, 0.4) is 0 Å². The standard InChI is InChI=1S/C22H21Cl2N5O2/c1-3-4-7-31-19-6-5-13(2)8-17(19)25-22(30)18-12-20-26-27-21(29(20)28-18)14-9-15(23)11-16(24)10-14/h5-6,8-12,28H,3-4,7H2,1-2H3,(H,25,30). The van der Waals surface area contributed by atoms with Crippen LogP contribution in [0.15, 0.2) is 42.5 Å². The first-order valence-corrected chi connectivity index (χ1v) is 10.7. The van der Waals surface area contributed by atoms with Crippen LogP contribution in [0.2, 0.25) is 10.0 Å². The second kappa shape index (κ2) is 8.99. The fourth-order valence-corrected chi connectivity index (χ4v) is 3.68. The Morgan fingerprint density at radius 1 is 1.13 bits per heavy atom. The summed E-state index contributed by atoms with van der Waals surface area (Å²) in [6.45, 7) is 4.65. The number of rotatable bonds is 7. The molecule has 0 spiro atoms. The summed E-state index contributed by atoms with van der Waals surface area (Å²) < 4.78 is 7.45. The van der Waals surface area contributed by atoms with E-state index in [1.54, 1.807) is 28.8 Å². The van der Waals surface area contributed by atoms with Crippen molar-refractivity contribution in [3.8, 4) is 17.1 Å². The number of amides is 1. The third kappa shape index (κ3) is 4.68. The van der Waals surface area contributed by atoms with Gasteiger partial charge in [0, 0.05) is 21.7 Å². The number of unbranched alkanes of at least 4 members (excludes halogenated alkanes) is 1. The Kier molecular flexibility index (Phi) is 6.15. The Balaban J connectivity index is 1.61. The molecule has 0 saturated heterocycles. The maximum absolute atomic E-state index is 12.9. The SMILES string of the molecule is CCCCOc1ccc(C)cc1NC(=O)c1cc2nnc(-c3cc(Cl)cc(Cl)c3)n2[nH]1. The Morgan fingerprint density at radius 3 is 2.65 bits per heavy atom. The van der Waals surface area contributed by atoms with E-state index in [0.29, 0.717) is 50.8 Å². The quantitative estimate of drug-likeness (QED) is 0.345. The van der Waals surface area contributed by atoms with Crippen molar-refractivity contribution >= 4 is 40.4 Å². The molecule has 0 atom stereocenters. The average Bonchev–Trinajstić information content (AvgIpc) is 3.30. The van der Waals surface area contributed by atoms with Crippen molar-refractivity contribution in [2.24, 2.45) is 0 Å². The molecule has 0 bridgehead atoms. The zero-order valence-electron chi connectivity index (χ0n) is 17.1. The summed E-state index contributed by atoms with van der Waals surface area (Å²) in [5.41, 5.74) is 3.15. The number of hydrogen-bond acceptors (Lipinski definition) is 4. The molecule has 4 aromatic rings. The normalized spacial score (nSPS) is 11.1. The number of benzene rings is 2. The number of H-pyrrole nitrogens is 1. The van der Waals surface area contributed by atoms with Gasteiger partial charge in [-0.25, -0.2) is 4.52 Å². The number of carbonyl (C=O) groups is 1. The van der Waals surface area contributed by atoms with Crippen LogP contribution < -0.4 is 10.1 Å². The van der Waals surface area contributed by atoms with E-state index in [-0.39, 0.29) is 5.91 Å². The van der Waals surface area contributed by atoms with Gasteiger partial charge in [0.2, 0.25) is 0 Å². The van der Waals surface area contributed by atoms with Gasteiger partial charge in [-0.15, -0.1) is 10.2 Å². The van der Waals surface area contributed by atoms with Crippen molar-refractivity contribution in [1.29, 1.82) is 0 Å². The number of aryl methyl sites for hydroxylation is 1. The molecule has 2 heterocycles. The van der Waals surface area contributed by atoms with E-state index in [2.05, 4.69) is 27.5 Å². The predicted molar refractivity (Wildman–Crippen MR) is 122 cm³/mol. The highest BCUT2D eigenvalue weighted by molar-refractivity contribution is 6.35. The van der Waals surface area contributed by atoms with Crippen molar-refractivity contribution in [2.75, 3.05) is 11.9 Å². The number of nitrogens with zero attached hydrogens (tertiary/aromatic N) is 3. The van der Waals surface area contributed by atoms with Crippen molar-refractivity contribution in [2.45, 2.75) is 26.7 Å². The summed E-state index contributed by atoms with van der Waals surface area (Å²) in [6, 6.07) is 12.4. The molecule has 2 aromatic carbocycles. The van der Waals surface area contributed by atoms with Crippen molar-refractivity contribution < 1.29 is 9.53 Å². The molecule has 2 N–H and O–H groups in total. The molecule has 0 aliphatic rings. The van der Waals surface area contributed by atoms with Crippen LogP contribution in [0.5, 0.6) is 5.75 Å². The van der Waals surface area contributed by atoms with Gasteiger partial charge in [0.1, 0.15) is 11.4 Å². The predicted octanol–water partition coefficient (Wildman–Crippen LogP) is 5.77. The van der Waals surface area contributed by atoms with Crippen molar-refractivity contribution in [3.63, 3.8) is 0 Å². The summed E-state index contributed by atoms with van der Waals surface area (Å²) in [5, 5.41) is 15.2. The molecule has 160 valence electrons. The molecule has 7 nitrogen and oxygen atoms in total. The largest absolute Gasteiger partial charge is 0.491 e. The molecule has 9 heteroatoms. The lowest BCUT2D eigenvalue weighted by molar-refractivity contribution is 0.102. The number of carbonyl (C=O) groups excluding carboxylic acids is 1. The van der Waals surface area contributed by atoms with Crippen molar-refractivity contribution in [1.82, 2.24) is 19.8 Å². The van der Waals surface area contributed by atoms with Gasteiger partial charge in [0.25, 0.3) is 5.91 Å². The zero-order valence-corrected chi connectivity index (χ0v) is 18.6. The molecule has 0 radical (unpaired) electrons. The van der Waals surface area contributed by atoms with E-state index >= 15 is 0 Å². The van der Waals surface area contributed by atoms with Gasteiger partial charge in [-0.2, -0.15) is 0 Å². The monoisotopic (exact) mass is 457 g/mol. The first-order valence-electron chi connectivity index (χ1n) is 9.90. The van der Waals surface area contributed by atoms with Gasteiger partial charge in [-0.3, -0.25) is 9.89 Å². The number of nitrogens with one attached hydrogen (secondary N) is 2. The fourth-order valence-electron chi connectivity index (χ4n) is 3.15. The lowest BCUT2D eigenvalue weighted by atomic mass is 10.2. The Hall–Kier alpha value is -3.03. The highest BCUT2D eigenvalue weighted by Crippen LogP contribution is 2.28. The molecule has 2 aromatic heterocycles. The summed E-state index contributed by atoms with van der Waals surface area (Å²) in [4.78, 5) is 12.9. The smallest absolute Gasteiger partial charge is 0.273 e. The van der Waals surface area contributed by atoms with Crippen molar-refractivity contribution in [3.05, 3.63) is 63.8 Å². The number of aromatic nitrogens is 4. The zero-order chi connectivity index (χ0) is 22.0. The van der Waals surface area contributed by atoms with Crippen LogP contribution in [-0.4, -0.2) is 32.3 Å². The van der Waals surface area contributed by atoms with Gasteiger partial charge >= 0.3 is 0 Å². The van der Waals surface area contributed by atoms with Gasteiger partial charge < -0.3 is 10.1 Å². The molecule has 0 saturated carbocycles. The van der Waals surface area contributed by atoms with E-state index in [0.717, 1.165) is 18.4 Å². The first-order chi connectivity index (χ1) is 14.9. The topological polar surface area (TPSA) is 84.3 Å². The lowest BCUT2D eigenvalue weighted by Crippen LogP contribution is -2.14. The van der Waals surface area contributed by atoms with Gasteiger partial charge in [-0.1, -0.05) is 42.6 Å². The number of anilines is 1. The van der Waals surface area contributed by atoms with Crippen LogP contribution >= 0.6 is 23.2 Å². The molecule has 0 aliphatic heterocycles. The molecule has 0 unspecified atom stereocenters. The molecule has 0 aliphatic carbocycles. The van der Waals surface area contributed by atoms with Crippen LogP contribution in [-0.2, 0) is 0 Å². The van der Waals surface area contributed by atoms with Gasteiger partial charge in [-0.05, 0) is 49.2 Å². The van der Waals surface area contributed by atoms with Crippen LogP contribution in [0.4, 0.5) is 5.69 Å². The Morgan fingerprint density at radius 2 is 1.90 bits per heavy atom. The highest BCUT2D eigenvalue weighted by atomic mass is 35.5. The van der Waals surface area contributed by atoms with Gasteiger partial charge in [0.05, 0.1) is 12.3 Å². The second-order valence-electron chi connectivity index (χ2n) is 7.20. The van der Waals surface area contributed by atoms with Crippen LogP contribution in [0.25, 0.3) is 17.0 Å². The number of ether oxygens (including phenoxy) is 1. The summed E-state index contributed by atoms with van der Waals surface area (Å²) in [7, 11) is 0. The minimum absolute atomic E-state index is 0.313. The maximum atomic E-state index is 12.9. The van der Waals surface area contributed by atoms with E-state index in [4.69, 9.17) is 27.9 Å². The average molecular weight is 458 g/mol. The minimum atomic E-state index is -0.313. The Labute approximate surface area is 189 Å². The molecule has 1 amide bonds. The van der Waals surface area contributed by atoms with Crippen LogP contribution in [0, 0.1) is 6.92 Å². The van der Waals surface area contributed by atoms with Crippen LogP contribution in [0.1, 0.15) is 35.8 Å². The number of fused-ring (bicyclic) bond motifs is 1. The number of aromatic amines is 1. The van der Waals surface area contributed by atoms with E-state index in [9.17, 15) is 4.79 Å². The molecule has 31 heavy (non-hydrogen) atoms. The van der Waals surface area contributed by atoms with E-state index in [1.165, 1.54) is 0 Å². The van der Waals surface area contributed by atoms with E-state index < -0.39 is 0 Å². The summed E-state index contributed by atoms with van der Waals surface area (Å²) in [6.07, 6.45) is 1.97. The molecule has 4 rings (SSSR count). The third-order valence-electron chi connectivity index (χ3n) is 4.70. The minimum Gasteiger partial charge on any atom is -0.491 e. The summed E-state index contributed by atoms with van der Waals surface area (Å²) >= 11 is 12.2. The maximum Gasteiger partial charge on any atom is 0.273 e. The van der Waals surface area contributed by atoms with Gasteiger partial charge in [0.15, 0.2) is 11.5 Å². The second-order valence-corrected chi connectivity index (χ2v) is 8.07. The first kappa shape index (κ1) is 21.2. The molecular formula is C22H21Cl2N5O2. The Bertz CT molecular complexity index is 1230. The molecule has 0 fully saturated rings. The van der Waals surface area contributed by atoms with E-state index in [1.807, 2.05) is 25.1 Å². The fraction of sp³-hybridized carbons (Fsp3) is 0.227. The summed E-state index contributed by atoms with van der Waals surface area (Å²) in [5.74, 6) is 0.823. The highest BCUT2D eigenvalue weighted by Gasteiger charge is 2.17. The lowest BCUT2D eigenvalue weighted by Gasteiger charge is -2.13.